The molecule has 3 aromatic rings. The van der Waals surface area contributed by atoms with Crippen LogP contribution in [0.5, 0.6) is 5.75 Å². The molecular weight excluding hydrogens is 384 g/mol. The molecule has 0 spiro atoms. The maximum Gasteiger partial charge on any atom is 0.251 e. The number of sulfonamides is 1. The number of hydrogen-bond acceptors (Lipinski definition) is 7. The lowest BCUT2D eigenvalue weighted by atomic mass is 10.2. The van der Waals surface area contributed by atoms with Crippen molar-refractivity contribution in [2.75, 3.05) is 18.1 Å². The Bertz CT molecular complexity index is 1090. The zero-order valence-corrected chi connectivity index (χ0v) is 16.0. The Morgan fingerprint density at radius 1 is 1.18 bits per heavy atom. The highest BCUT2D eigenvalue weighted by atomic mass is 32.2. The van der Waals surface area contributed by atoms with E-state index in [-0.39, 0.29) is 12.4 Å². The Kier molecular flexibility index (Phi) is 5.59. The van der Waals surface area contributed by atoms with E-state index in [9.17, 15) is 13.2 Å². The average Bonchev–Trinajstić information content (AvgIpc) is 3.14. The van der Waals surface area contributed by atoms with Crippen molar-refractivity contribution < 1.29 is 22.5 Å². The minimum atomic E-state index is -3.43. The third-order valence-corrected chi connectivity index (χ3v) is 4.23. The second-order valence-corrected chi connectivity index (χ2v) is 7.63. The molecule has 2 aromatic carbocycles. The van der Waals surface area contributed by atoms with Crippen LogP contribution in [0.1, 0.15) is 16.2 Å². The monoisotopic (exact) mass is 402 g/mol. The van der Waals surface area contributed by atoms with Crippen LogP contribution >= 0.6 is 0 Å². The fourth-order valence-electron chi connectivity index (χ4n) is 2.40. The van der Waals surface area contributed by atoms with Gasteiger partial charge in [-0.3, -0.25) is 9.52 Å². The van der Waals surface area contributed by atoms with Gasteiger partial charge in [-0.1, -0.05) is 23.4 Å². The van der Waals surface area contributed by atoms with Gasteiger partial charge in [-0.25, -0.2) is 8.42 Å². The molecule has 9 nitrogen and oxygen atoms in total. The fourth-order valence-corrected chi connectivity index (χ4v) is 2.96. The van der Waals surface area contributed by atoms with Gasteiger partial charge in [0.2, 0.25) is 21.7 Å². The van der Waals surface area contributed by atoms with Crippen molar-refractivity contribution in [3.05, 3.63) is 60.0 Å². The van der Waals surface area contributed by atoms with E-state index in [2.05, 4.69) is 20.2 Å². The van der Waals surface area contributed by atoms with E-state index in [0.717, 1.165) is 11.8 Å². The van der Waals surface area contributed by atoms with E-state index in [4.69, 9.17) is 9.26 Å². The molecule has 1 aromatic heterocycles. The molecule has 0 unspecified atom stereocenters. The number of ether oxygens (including phenoxy) is 1. The summed E-state index contributed by atoms with van der Waals surface area (Å²) in [6.45, 7) is 0.0273. The number of anilines is 1. The number of carbonyl (C=O) groups excluding carboxylic acids is 1. The van der Waals surface area contributed by atoms with Crippen molar-refractivity contribution in [3.8, 4) is 17.1 Å². The molecule has 0 saturated heterocycles. The smallest absolute Gasteiger partial charge is 0.251 e. The molecule has 3 rings (SSSR count). The van der Waals surface area contributed by atoms with Crippen molar-refractivity contribution in [2.45, 2.75) is 6.54 Å². The number of nitrogens with zero attached hydrogens (tertiary/aromatic N) is 2. The molecule has 0 aliphatic heterocycles. The molecule has 10 heteroatoms. The number of hydrogen-bond donors (Lipinski definition) is 2. The predicted molar refractivity (Wildman–Crippen MR) is 102 cm³/mol. The first-order chi connectivity index (χ1) is 13.3. The van der Waals surface area contributed by atoms with Crippen LogP contribution < -0.4 is 14.8 Å². The Morgan fingerprint density at radius 2 is 1.96 bits per heavy atom. The van der Waals surface area contributed by atoms with Gasteiger partial charge in [0.25, 0.3) is 5.91 Å². The normalized spacial score (nSPS) is 11.1. The van der Waals surface area contributed by atoms with Crippen LogP contribution in [-0.2, 0) is 16.6 Å². The van der Waals surface area contributed by atoms with Crippen LogP contribution in [0.25, 0.3) is 11.4 Å². The number of amides is 1. The summed E-state index contributed by atoms with van der Waals surface area (Å²) in [4.78, 5) is 16.5. The summed E-state index contributed by atoms with van der Waals surface area (Å²) < 4.78 is 35.3. The molecule has 0 fully saturated rings. The summed E-state index contributed by atoms with van der Waals surface area (Å²) in [5.74, 6) is 0.872. The number of carbonyl (C=O) groups is 1. The maximum absolute atomic E-state index is 12.3. The van der Waals surface area contributed by atoms with Crippen molar-refractivity contribution >= 4 is 21.6 Å². The first-order valence-electron chi connectivity index (χ1n) is 8.17. The van der Waals surface area contributed by atoms with E-state index in [1.54, 1.807) is 37.4 Å². The van der Waals surface area contributed by atoms with E-state index in [1.807, 2.05) is 12.1 Å². The largest absolute Gasteiger partial charge is 0.497 e. The summed E-state index contributed by atoms with van der Waals surface area (Å²) in [7, 11) is -1.86. The molecule has 0 atom stereocenters. The molecule has 2 N–H and O–H groups in total. The van der Waals surface area contributed by atoms with Gasteiger partial charge in [-0.2, -0.15) is 4.98 Å². The van der Waals surface area contributed by atoms with Gasteiger partial charge in [0.1, 0.15) is 5.75 Å². The van der Waals surface area contributed by atoms with E-state index in [1.165, 1.54) is 6.07 Å². The second kappa shape index (κ2) is 8.09. The van der Waals surface area contributed by atoms with Crippen LogP contribution in [0.15, 0.2) is 53.1 Å². The molecule has 0 radical (unpaired) electrons. The van der Waals surface area contributed by atoms with Gasteiger partial charge in [-0.05, 0) is 30.3 Å². The van der Waals surface area contributed by atoms with Crippen LogP contribution in [0.2, 0.25) is 0 Å². The van der Waals surface area contributed by atoms with E-state index >= 15 is 0 Å². The number of benzene rings is 2. The van der Waals surface area contributed by atoms with E-state index in [0.29, 0.717) is 22.8 Å². The van der Waals surface area contributed by atoms with Crippen molar-refractivity contribution in [1.82, 2.24) is 15.5 Å². The summed E-state index contributed by atoms with van der Waals surface area (Å²) in [5.41, 5.74) is 1.31. The van der Waals surface area contributed by atoms with Crippen LogP contribution in [0, 0.1) is 0 Å². The zero-order valence-electron chi connectivity index (χ0n) is 15.2. The van der Waals surface area contributed by atoms with Crippen LogP contribution in [-0.4, -0.2) is 37.8 Å². The van der Waals surface area contributed by atoms with Gasteiger partial charge in [0.15, 0.2) is 0 Å². The van der Waals surface area contributed by atoms with Crippen molar-refractivity contribution in [1.29, 1.82) is 0 Å². The molecule has 146 valence electrons. The molecule has 0 bridgehead atoms. The second-order valence-electron chi connectivity index (χ2n) is 5.88. The Balaban J connectivity index is 1.65. The lowest BCUT2D eigenvalue weighted by Gasteiger charge is -2.06. The quantitative estimate of drug-likeness (QED) is 0.620. The molecule has 0 aliphatic carbocycles. The highest BCUT2D eigenvalue weighted by Gasteiger charge is 2.12. The van der Waals surface area contributed by atoms with E-state index < -0.39 is 15.9 Å². The molecular formula is C18H18N4O5S. The fraction of sp³-hybridized carbons (Fsp3) is 0.167. The van der Waals surface area contributed by atoms with Gasteiger partial charge < -0.3 is 14.6 Å². The third kappa shape index (κ3) is 5.07. The number of methoxy groups -OCH3 is 1. The number of aromatic nitrogens is 2. The maximum atomic E-state index is 12.3. The Labute approximate surface area is 161 Å². The highest BCUT2D eigenvalue weighted by Crippen LogP contribution is 2.21. The lowest BCUT2D eigenvalue weighted by Crippen LogP contribution is -2.23. The number of rotatable bonds is 7. The Morgan fingerprint density at radius 3 is 2.71 bits per heavy atom. The lowest BCUT2D eigenvalue weighted by molar-refractivity contribution is 0.0946. The summed E-state index contributed by atoms with van der Waals surface area (Å²) in [6.07, 6.45) is 1.04. The Hall–Kier alpha value is -3.40. The third-order valence-electron chi connectivity index (χ3n) is 3.62. The summed E-state index contributed by atoms with van der Waals surface area (Å²) in [6, 6.07) is 13.3. The zero-order chi connectivity index (χ0) is 20.1. The van der Waals surface area contributed by atoms with Crippen molar-refractivity contribution in [3.63, 3.8) is 0 Å². The minimum Gasteiger partial charge on any atom is -0.497 e. The predicted octanol–water partition coefficient (Wildman–Crippen LogP) is 2.05. The van der Waals surface area contributed by atoms with Gasteiger partial charge in [-0.15, -0.1) is 0 Å². The van der Waals surface area contributed by atoms with Crippen molar-refractivity contribution in [2.24, 2.45) is 0 Å². The molecule has 28 heavy (non-hydrogen) atoms. The summed E-state index contributed by atoms with van der Waals surface area (Å²) in [5, 5.41) is 6.55. The first-order valence-corrected chi connectivity index (χ1v) is 10.1. The van der Waals surface area contributed by atoms with Gasteiger partial charge >= 0.3 is 0 Å². The molecule has 1 amide bonds. The first kappa shape index (κ1) is 19.4. The van der Waals surface area contributed by atoms with Crippen LogP contribution in [0.4, 0.5) is 5.69 Å². The molecule has 1 heterocycles. The SMILES string of the molecule is COc1cccc(-c2noc(CNC(=O)c3cccc(NS(C)(=O)=O)c3)n2)c1. The topological polar surface area (TPSA) is 123 Å². The van der Waals surface area contributed by atoms with Gasteiger partial charge in [0.05, 0.1) is 19.9 Å². The molecule has 0 aliphatic rings. The molecule has 0 saturated carbocycles. The highest BCUT2D eigenvalue weighted by molar-refractivity contribution is 7.92. The number of nitrogens with one attached hydrogen (secondary N) is 2. The average molecular weight is 402 g/mol. The summed E-state index contributed by atoms with van der Waals surface area (Å²) >= 11 is 0. The van der Waals surface area contributed by atoms with Crippen LogP contribution in [0.3, 0.4) is 0 Å². The minimum absolute atomic E-state index is 0.0273. The van der Waals surface area contributed by atoms with Gasteiger partial charge in [0, 0.05) is 16.8 Å². The standard InChI is InChI=1S/C18H18N4O5S/c1-26-15-8-4-5-12(10-15)17-20-16(27-21-17)11-19-18(23)13-6-3-7-14(9-13)22-28(2,24)25/h3-10,22H,11H2,1-2H3,(H,19,23).